The minimum absolute atomic E-state index is 0. The zero-order valence-electron chi connectivity index (χ0n) is 7.44. The highest BCUT2D eigenvalue weighted by molar-refractivity contribution is 5.85. The first-order valence-electron chi connectivity index (χ1n) is 4.32. The Morgan fingerprint density at radius 1 is 1.31 bits per heavy atom. The summed E-state index contributed by atoms with van der Waals surface area (Å²) in [6, 6.07) is 4.09. The van der Waals surface area contributed by atoms with E-state index in [2.05, 4.69) is 21.3 Å². The van der Waals surface area contributed by atoms with Crippen molar-refractivity contribution in [2.75, 3.05) is 31.1 Å². The van der Waals surface area contributed by atoms with Crippen LogP contribution in [-0.4, -0.2) is 31.2 Å². The summed E-state index contributed by atoms with van der Waals surface area (Å²) in [6.07, 6.45) is 3.73. The quantitative estimate of drug-likeness (QED) is 0.729. The summed E-state index contributed by atoms with van der Waals surface area (Å²) in [5.74, 6) is 0. The standard InChI is InChI=1S/C9H13N3.ClH/c1-2-9(8-11-3-1)12-6-4-10-5-7-12;/h1-3,8,10H,4-7H2;1H. The predicted octanol–water partition coefficient (Wildman–Crippen LogP) is 0.913. The first-order chi connectivity index (χ1) is 5.97. The van der Waals surface area contributed by atoms with Gasteiger partial charge in [0.1, 0.15) is 0 Å². The molecular formula is C9H14ClN3. The van der Waals surface area contributed by atoms with E-state index < -0.39 is 0 Å². The molecule has 0 spiro atoms. The molecule has 1 saturated heterocycles. The third-order valence-electron chi connectivity index (χ3n) is 2.13. The number of pyridine rings is 1. The minimum atomic E-state index is 0. The Bertz CT molecular complexity index is 234. The van der Waals surface area contributed by atoms with Crippen molar-refractivity contribution in [3.8, 4) is 0 Å². The van der Waals surface area contributed by atoms with Crippen LogP contribution in [0.3, 0.4) is 0 Å². The molecule has 2 rings (SSSR count). The van der Waals surface area contributed by atoms with Gasteiger partial charge in [0.25, 0.3) is 0 Å². The van der Waals surface area contributed by atoms with Crippen LogP contribution < -0.4 is 10.2 Å². The molecule has 1 aromatic rings. The van der Waals surface area contributed by atoms with E-state index in [9.17, 15) is 0 Å². The smallest absolute Gasteiger partial charge is 0.0553 e. The van der Waals surface area contributed by atoms with Crippen LogP contribution in [0.15, 0.2) is 24.5 Å². The number of anilines is 1. The number of rotatable bonds is 1. The van der Waals surface area contributed by atoms with Crippen LogP contribution in [0, 0.1) is 0 Å². The lowest BCUT2D eigenvalue weighted by Crippen LogP contribution is -2.43. The molecule has 1 aliphatic heterocycles. The number of nitrogens with one attached hydrogen (secondary N) is 1. The molecule has 0 saturated carbocycles. The van der Waals surface area contributed by atoms with Gasteiger partial charge in [0, 0.05) is 32.4 Å². The van der Waals surface area contributed by atoms with E-state index in [0.29, 0.717) is 0 Å². The van der Waals surface area contributed by atoms with E-state index in [-0.39, 0.29) is 12.4 Å². The van der Waals surface area contributed by atoms with Crippen molar-refractivity contribution in [1.29, 1.82) is 0 Å². The number of piperazine rings is 1. The summed E-state index contributed by atoms with van der Waals surface area (Å²) in [7, 11) is 0. The minimum Gasteiger partial charge on any atom is -0.368 e. The van der Waals surface area contributed by atoms with Gasteiger partial charge in [-0.2, -0.15) is 0 Å². The van der Waals surface area contributed by atoms with E-state index in [4.69, 9.17) is 0 Å². The summed E-state index contributed by atoms with van der Waals surface area (Å²) in [6.45, 7) is 4.33. The molecule has 1 aliphatic rings. The van der Waals surface area contributed by atoms with Gasteiger partial charge in [-0.1, -0.05) is 0 Å². The zero-order valence-corrected chi connectivity index (χ0v) is 8.26. The number of nitrogens with zero attached hydrogens (tertiary/aromatic N) is 2. The van der Waals surface area contributed by atoms with Crippen molar-refractivity contribution < 1.29 is 0 Å². The van der Waals surface area contributed by atoms with Gasteiger partial charge >= 0.3 is 0 Å². The summed E-state index contributed by atoms with van der Waals surface area (Å²) in [4.78, 5) is 6.45. The van der Waals surface area contributed by atoms with Gasteiger partial charge in [-0.3, -0.25) is 4.98 Å². The molecule has 3 nitrogen and oxygen atoms in total. The second kappa shape index (κ2) is 5.04. The third-order valence-corrected chi connectivity index (χ3v) is 2.13. The van der Waals surface area contributed by atoms with Crippen LogP contribution in [0.5, 0.6) is 0 Å². The molecule has 72 valence electrons. The molecule has 4 heteroatoms. The third kappa shape index (κ3) is 2.57. The number of aromatic nitrogens is 1. The Hall–Kier alpha value is -0.800. The highest BCUT2D eigenvalue weighted by Gasteiger charge is 2.08. The van der Waals surface area contributed by atoms with Crippen LogP contribution in [-0.2, 0) is 0 Å². The van der Waals surface area contributed by atoms with E-state index in [0.717, 1.165) is 26.2 Å². The lowest BCUT2D eigenvalue weighted by atomic mass is 10.3. The Morgan fingerprint density at radius 2 is 2.08 bits per heavy atom. The Balaban J connectivity index is 0.000000845. The highest BCUT2D eigenvalue weighted by atomic mass is 35.5. The Kier molecular flexibility index (Phi) is 3.99. The SMILES string of the molecule is Cl.c1cncc(N2CCNCC2)c1. The normalized spacial score (nSPS) is 16.5. The molecular weight excluding hydrogens is 186 g/mol. The number of hydrogen-bond acceptors (Lipinski definition) is 3. The lowest BCUT2D eigenvalue weighted by Gasteiger charge is -2.28. The molecule has 2 heterocycles. The van der Waals surface area contributed by atoms with Crippen LogP contribution in [0.25, 0.3) is 0 Å². The maximum Gasteiger partial charge on any atom is 0.0553 e. The average Bonchev–Trinajstić information content (AvgIpc) is 2.21. The van der Waals surface area contributed by atoms with Gasteiger partial charge in [0.05, 0.1) is 11.9 Å². The molecule has 0 amide bonds. The van der Waals surface area contributed by atoms with Crippen LogP contribution in [0.4, 0.5) is 5.69 Å². The zero-order chi connectivity index (χ0) is 8.23. The number of hydrogen-bond donors (Lipinski definition) is 1. The topological polar surface area (TPSA) is 28.2 Å². The van der Waals surface area contributed by atoms with Gasteiger partial charge in [0.15, 0.2) is 0 Å². The van der Waals surface area contributed by atoms with Crippen LogP contribution in [0.2, 0.25) is 0 Å². The van der Waals surface area contributed by atoms with Crippen LogP contribution >= 0.6 is 12.4 Å². The second-order valence-corrected chi connectivity index (χ2v) is 2.95. The number of halogens is 1. The van der Waals surface area contributed by atoms with Crippen molar-refractivity contribution in [2.45, 2.75) is 0 Å². The molecule has 0 atom stereocenters. The van der Waals surface area contributed by atoms with Gasteiger partial charge in [-0.25, -0.2) is 0 Å². The van der Waals surface area contributed by atoms with Gasteiger partial charge in [-0.05, 0) is 12.1 Å². The predicted molar refractivity (Wildman–Crippen MR) is 56.6 cm³/mol. The maximum atomic E-state index is 4.10. The fourth-order valence-corrected chi connectivity index (χ4v) is 1.46. The molecule has 0 bridgehead atoms. The summed E-state index contributed by atoms with van der Waals surface area (Å²) in [5, 5.41) is 3.32. The van der Waals surface area contributed by atoms with E-state index >= 15 is 0 Å². The first-order valence-corrected chi connectivity index (χ1v) is 4.32. The van der Waals surface area contributed by atoms with Gasteiger partial charge < -0.3 is 10.2 Å². The fourth-order valence-electron chi connectivity index (χ4n) is 1.46. The van der Waals surface area contributed by atoms with Gasteiger partial charge in [-0.15, -0.1) is 12.4 Å². The second-order valence-electron chi connectivity index (χ2n) is 2.95. The van der Waals surface area contributed by atoms with Crippen LogP contribution in [0.1, 0.15) is 0 Å². The van der Waals surface area contributed by atoms with E-state index in [1.807, 2.05) is 18.5 Å². The molecule has 1 N–H and O–H groups in total. The van der Waals surface area contributed by atoms with E-state index in [1.54, 1.807) is 0 Å². The van der Waals surface area contributed by atoms with Crippen molar-refractivity contribution in [2.24, 2.45) is 0 Å². The molecule has 0 aromatic carbocycles. The van der Waals surface area contributed by atoms with Crippen molar-refractivity contribution >= 4 is 18.1 Å². The average molecular weight is 200 g/mol. The van der Waals surface area contributed by atoms with Gasteiger partial charge in [0.2, 0.25) is 0 Å². The molecule has 13 heavy (non-hydrogen) atoms. The summed E-state index contributed by atoms with van der Waals surface area (Å²) < 4.78 is 0. The Morgan fingerprint density at radius 3 is 2.69 bits per heavy atom. The maximum absolute atomic E-state index is 4.10. The van der Waals surface area contributed by atoms with Crippen molar-refractivity contribution in [3.05, 3.63) is 24.5 Å². The molecule has 0 aliphatic carbocycles. The molecule has 1 aromatic heterocycles. The monoisotopic (exact) mass is 199 g/mol. The van der Waals surface area contributed by atoms with Crippen molar-refractivity contribution in [3.63, 3.8) is 0 Å². The largest absolute Gasteiger partial charge is 0.368 e. The lowest BCUT2D eigenvalue weighted by molar-refractivity contribution is 0.589. The summed E-state index contributed by atoms with van der Waals surface area (Å²) >= 11 is 0. The summed E-state index contributed by atoms with van der Waals surface area (Å²) in [5.41, 5.74) is 1.24. The molecule has 0 radical (unpaired) electrons. The molecule has 0 unspecified atom stereocenters. The van der Waals surface area contributed by atoms with E-state index in [1.165, 1.54) is 5.69 Å². The fraction of sp³-hybridized carbons (Fsp3) is 0.444. The first kappa shape index (κ1) is 10.3. The highest BCUT2D eigenvalue weighted by Crippen LogP contribution is 2.11. The Labute approximate surface area is 84.6 Å². The molecule has 1 fully saturated rings. The van der Waals surface area contributed by atoms with Crippen molar-refractivity contribution in [1.82, 2.24) is 10.3 Å².